The highest BCUT2D eigenvalue weighted by Gasteiger charge is 2.62. The smallest absolute Gasteiger partial charge is 0.410 e. The maximum Gasteiger partial charge on any atom is 0.410 e. The van der Waals surface area contributed by atoms with E-state index in [1.807, 2.05) is 12.2 Å². The van der Waals surface area contributed by atoms with Crippen LogP contribution in [0.4, 0.5) is 9.18 Å². The van der Waals surface area contributed by atoms with Gasteiger partial charge in [-0.2, -0.15) is 0 Å². The molecular weight excluding hydrogens is 519 g/mol. The number of hydrogen-bond acceptors (Lipinski definition) is 7. The van der Waals surface area contributed by atoms with Gasteiger partial charge in [0.2, 0.25) is 11.8 Å². The molecule has 0 bridgehead atoms. The molecule has 1 saturated carbocycles. The van der Waals surface area contributed by atoms with Crippen molar-refractivity contribution in [3.05, 3.63) is 47.3 Å². The Bertz CT molecular complexity index is 1210. The first-order chi connectivity index (χ1) is 19.2. The fourth-order valence-corrected chi connectivity index (χ4v) is 6.01. The summed E-state index contributed by atoms with van der Waals surface area (Å²) in [7, 11) is 0. The number of nitrogens with two attached hydrogens (primary N) is 1. The van der Waals surface area contributed by atoms with E-state index in [0.29, 0.717) is 24.0 Å². The zero-order chi connectivity index (χ0) is 28.4. The SMILES string of the molecule is CCOC(=O)[C@@]12C[C@@H]1/C=C\CCCCC[C@H](N)C(=O)N1C[C@H](OC(=O)N3Cc4cccc(F)c4C3)C[C@H]1C(=O)N2. The highest BCUT2D eigenvalue weighted by atomic mass is 19.1. The van der Waals surface area contributed by atoms with Crippen molar-refractivity contribution in [2.24, 2.45) is 11.7 Å². The van der Waals surface area contributed by atoms with Crippen LogP contribution in [-0.4, -0.2) is 70.6 Å². The van der Waals surface area contributed by atoms with Crippen LogP contribution < -0.4 is 11.1 Å². The van der Waals surface area contributed by atoms with Crippen LogP contribution in [0.25, 0.3) is 0 Å². The molecule has 1 aromatic rings. The number of carbonyl (C=O) groups is 4. The molecule has 3 aliphatic heterocycles. The lowest BCUT2D eigenvalue weighted by atomic mass is 10.1. The third kappa shape index (κ3) is 5.56. The van der Waals surface area contributed by atoms with Crippen molar-refractivity contribution >= 4 is 23.9 Å². The van der Waals surface area contributed by atoms with Crippen LogP contribution in [0, 0.1) is 11.7 Å². The molecule has 1 aliphatic carbocycles. The molecular formula is C29H37FN4O6. The minimum Gasteiger partial charge on any atom is -0.464 e. The first-order valence-corrected chi connectivity index (χ1v) is 14.2. The summed E-state index contributed by atoms with van der Waals surface area (Å²) in [6.07, 6.45) is 6.97. The number of rotatable bonds is 3. The van der Waals surface area contributed by atoms with Gasteiger partial charge in [0.25, 0.3) is 0 Å². The average molecular weight is 557 g/mol. The van der Waals surface area contributed by atoms with Gasteiger partial charge in [0.05, 0.1) is 25.7 Å². The lowest BCUT2D eigenvalue weighted by Crippen LogP contribution is -2.55. The number of ether oxygens (including phenoxy) is 2. The Balaban J connectivity index is 1.33. The molecule has 5 rings (SSSR count). The van der Waals surface area contributed by atoms with Crippen molar-refractivity contribution in [2.75, 3.05) is 13.2 Å². The molecule has 3 heterocycles. The molecule has 0 aromatic heterocycles. The maximum atomic E-state index is 14.2. The second-order valence-corrected chi connectivity index (χ2v) is 11.1. The molecule has 10 nitrogen and oxygen atoms in total. The van der Waals surface area contributed by atoms with Crippen LogP contribution in [0.5, 0.6) is 0 Å². The Morgan fingerprint density at radius 1 is 1.20 bits per heavy atom. The molecule has 4 aliphatic rings. The van der Waals surface area contributed by atoms with Gasteiger partial charge in [0.15, 0.2) is 0 Å². The van der Waals surface area contributed by atoms with Crippen LogP contribution in [0.3, 0.4) is 0 Å². The second-order valence-electron chi connectivity index (χ2n) is 11.1. The van der Waals surface area contributed by atoms with Gasteiger partial charge in [-0.05, 0) is 44.2 Å². The molecule has 1 aromatic carbocycles. The van der Waals surface area contributed by atoms with Gasteiger partial charge >= 0.3 is 12.1 Å². The van der Waals surface area contributed by atoms with Crippen molar-refractivity contribution in [2.45, 2.75) is 88.7 Å². The molecule has 5 atom stereocenters. The number of nitrogens with one attached hydrogen (secondary N) is 1. The van der Waals surface area contributed by atoms with Gasteiger partial charge in [-0.1, -0.05) is 37.1 Å². The quantitative estimate of drug-likeness (QED) is 0.432. The first kappa shape index (κ1) is 28.1. The fourth-order valence-electron chi connectivity index (χ4n) is 6.01. The monoisotopic (exact) mass is 556 g/mol. The van der Waals surface area contributed by atoms with Gasteiger partial charge in [-0.15, -0.1) is 0 Å². The van der Waals surface area contributed by atoms with Crippen molar-refractivity contribution in [1.29, 1.82) is 0 Å². The molecule has 40 heavy (non-hydrogen) atoms. The Hall–Kier alpha value is -3.47. The van der Waals surface area contributed by atoms with E-state index in [-0.39, 0.29) is 50.3 Å². The van der Waals surface area contributed by atoms with Crippen LogP contribution in [0.15, 0.2) is 30.4 Å². The molecule has 0 radical (unpaired) electrons. The van der Waals surface area contributed by atoms with Crippen molar-refractivity contribution in [1.82, 2.24) is 15.1 Å². The molecule has 1 saturated heterocycles. The molecule has 11 heteroatoms. The summed E-state index contributed by atoms with van der Waals surface area (Å²) in [6.45, 7) is 2.19. The topological polar surface area (TPSA) is 131 Å². The summed E-state index contributed by atoms with van der Waals surface area (Å²) in [5.74, 6) is -1.97. The number of halogens is 1. The zero-order valence-corrected chi connectivity index (χ0v) is 22.8. The van der Waals surface area contributed by atoms with E-state index in [1.54, 1.807) is 19.1 Å². The van der Waals surface area contributed by atoms with Gasteiger partial charge < -0.3 is 25.4 Å². The van der Waals surface area contributed by atoms with E-state index in [9.17, 15) is 23.6 Å². The van der Waals surface area contributed by atoms with Gasteiger partial charge in [-0.3, -0.25) is 14.5 Å². The number of hydrogen-bond donors (Lipinski definition) is 2. The van der Waals surface area contributed by atoms with Gasteiger partial charge in [-0.25, -0.2) is 14.0 Å². The van der Waals surface area contributed by atoms with E-state index in [1.165, 1.54) is 15.9 Å². The number of allylic oxidation sites excluding steroid dienone is 1. The second kappa shape index (κ2) is 11.6. The van der Waals surface area contributed by atoms with Crippen LogP contribution in [-0.2, 0) is 36.9 Å². The third-order valence-electron chi connectivity index (χ3n) is 8.37. The standard InChI is InChI=1S/C29H37FN4O6/c1-2-39-27(37)29-14-19(29)10-6-4-3-5-7-12-23(31)26(36)34-16-20(13-24(34)25(35)32-29)40-28(38)33-15-18-9-8-11-22(30)21(18)17-33/h6,8-11,19-20,23-24H,2-5,7,12-17,31H2,1H3,(H,32,35)/b10-6-/t19-,20+,23-,24-,29+/m0/s1. The summed E-state index contributed by atoms with van der Waals surface area (Å²) >= 11 is 0. The normalized spacial score (nSPS) is 31.2. The summed E-state index contributed by atoms with van der Waals surface area (Å²) in [5, 5.41) is 2.88. The molecule has 216 valence electrons. The largest absolute Gasteiger partial charge is 0.464 e. The van der Waals surface area contributed by atoms with E-state index in [0.717, 1.165) is 25.7 Å². The van der Waals surface area contributed by atoms with Gasteiger partial charge in [0.1, 0.15) is 23.5 Å². The van der Waals surface area contributed by atoms with Crippen LogP contribution in [0.2, 0.25) is 0 Å². The Morgan fingerprint density at radius 2 is 2.02 bits per heavy atom. The lowest BCUT2D eigenvalue weighted by Gasteiger charge is -2.28. The van der Waals surface area contributed by atoms with Crippen LogP contribution in [0.1, 0.15) is 63.0 Å². The molecule has 3 amide bonds. The molecule has 0 unspecified atom stereocenters. The first-order valence-electron chi connectivity index (χ1n) is 14.2. The fraction of sp³-hybridized carbons (Fsp3) is 0.586. The summed E-state index contributed by atoms with van der Waals surface area (Å²) in [5.41, 5.74) is 6.25. The Kier molecular flexibility index (Phi) is 8.11. The average Bonchev–Trinajstić information content (AvgIpc) is 3.24. The molecule has 2 fully saturated rings. The molecule has 0 spiro atoms. The minimum absolute atomic E-state index is 0.00124. The molecule has 3 N–H and O–H groups in total. The number of esters is 1. The predicted octanol–water partition coefficient (Wildman–Crippen LogP) is 2.53. The van der Waals surface area contributed by atoms with E-state index in [4.69, 9.17) is 15.2 Å². The Labute approximate surface area is 233 Å². The van der Waals surface area contributed by atoms with Gasteiger partial charge in [0, 0.05) is 24.4 Å². The predicted molar refractivity (Wildman–Crippen MR) is 142 cm³/mol. The number of fused-ring (bicyclic) bond motifs is 3. The number of amides is 3. The third-order valence-corrected chi connectivity index (χ3v) is 8.37. The minimum atomic E-state index is -1.18. The van der Waals surface area contributed by atoms with Crippen molar-refractivity contribution in [3.8, 4) is 0 Å². The van der Waals surface area contributed by atoms with Crippen molar-refractivity contribution in [3.63, 3.8) is 0 Å². The highest BCUT2D eigenvalue weighted by molar-refractivity contribution is 5.96. The van der Waals surface area contributed by atoms with Crippen molar-refractivity contribution < 1.29 is 33.0 Å². The zero-order valence-electron chi connectivity index (χ0n) is 22.8. The summed E-state index contributed by atoms with van der Waals surface area (Å²) in [6, 6.07) is 2.96. The number of nitrogens with zero attached hydrogens (tertiary/aromatic N) is 2. The van der Waals surface area contributed by atoms with E-state index < -0.39 is 41.7 Å². The lowest BCUT2D eigenvalue weighted by molar-refractivity contribution is -0.150. The van der Waals surface area contributed by atoms with Crippen LogP contribution >= 0.6 is 0 Å². The Morgan fingerprint density at radius 3 is 2.80 bits per heavy atom. The summed E-state index contributed by atoms with van der Waals surface area (Å²) in [4.78, 5) is 55.8. The van der Waals surface area contributed by atoms with E-state index in [2.05, 4.69) is 5.32 Å². The summed E-state index contributed by atoms with van der Waals surface area (Å²) < 4.78 is 25.2. The number of carbonyl (C=O) groups excluding carboxylic acids is 4. The maximum absolute atomic E-state index is 14.2. The van der Waals surface area contributed by atoms with E-state index >= 15 is 0 Å². The highest BCUT2D eigenvalue weighted by Crippen LogP contribution is 2.46. The number of benzene rings is 1.